The van der Waals surface area contributed by atoms with Crippen LogP contribution in [-0.4, -0.2) is 19.5 Å². The third kappa shape index (κ3) is 4.48. The van der Waals surface area contributed by atoms with Crippen molar-refractivity contribution in [1.82, 2.24) is 0 Å². The van der Waals surface area contributed by atoms with Crippen molar-refractivity contribution < 1.29 is 30.5 Å². The van der Waals surface area contributed by atoms with E-state index in [0.29, 0.717) is 36.1 Å². The van der Waals surface area contributed by atoms with E-state index >= 15 is 0 Å². The molecule has 1 heterocycles. The lowest BCUT2D eigenvalue weighted by atomic mass is 9.67. The number of fused-ring (bicyclic) bond motifs is 3. The van der Waals surface area contributed by atoms with Crippen LogP contribution in [0.1, 0.15) is 76.8 Å². The Hall–Kier alpha value is -1.70. The van der Waals surface area contributed by atoms with Crippen LogP contribution in [0.5, 0.6) is 11.5 Å². The molecule has 168 valence electrons. The number of alkyl halides is 3. The molecule has 3 rings (SSSR count). The molecule has 0 amide bonds. The lowest BCUT2D eigenvalue weighted by Gasteiger charge is -2.47. The van der Waals surface area contributed by atoms with Crippen molar-refractivity contribution in [3.8, 4) is 11.5 Å². The molecule has 0 unspecified atom stereocenters. The van der Waals surface area contributed by atoms with E-state index in [1.165, 1.54) is 6.07 Å². The molecule has 1 aliphatic heterocycles. The molecule has 30 heavy (non-hydrogen) atoms. The predicted octanol–water partition coefficient (Wildman–Crippen LogP) is 6.26. The van der Waals surface area contributed by atoms with E-state index in [1.54, 1.807) is 0 Å². The van der Waals surface area contributed by atoms with Crippen molar-refractivity contribution >= 4 is 10.1 Å². The average Bonchev–Trinajstić information content (AvgIpc) is 2.59. The SMILES string of the molecule is CCCCCc1cc2c(c(OS(=O)(=O)C(F)(F)F)c1)[C@@H]1CC(C)=CC[C@H]1C(C)(C)O2. The summed E-state index contributed by atoms with van der Waals surface area (Å²) in [5.74, 6) is 0.0151. The van der Waals surface area contributed by atoms with E-state index in [1.807, 2.05) is 26.8 Å². The summed E-state index contributed by atoms with van der Waals surface area (Å²) in [5, 5.41) is 0. The zero-order valence-electron chi connectivity index (χ0n) is 17.8. The van der Waals surface area contributed by atoms with Crippen LogP contribution >= 0.6 is 0 Å². The van der Waals surface area contributed by atoms with Gasteiger partial charge in [-0.05, 0) is 64.2 Å². The van der Waals surface area contributed by atoms with E-state index in [2.05, 4.69) is 13.0 Å². The second kappa shape index (κ2) is 8.09. The van der Waals surface area contributed by atoms with Gasteiger partial charge in [0.1, 0.15) is 17.1 Å². The maximum Gasteiger partial charge on any atom is 0.534 e. The van der Waals surface area contributed by atoms with E-state index in [-0.39, 0.29) is 17.6 Å². The van der Waals surface area contributed by atoms with Crippen LogP contribution in [0, 0.1) is 5.92 Å². The Morgan fingerprint density at radius 1 is 1.23 bits per heavy atom. The maximum absolute atomic E-state index is 13.1. The van der Waals surface area contributed by atoms with Gasteiger partial charge in [-0.3, -0.25) is 0 Å². The van der Waals surface area contributed by atoms with Gasteiger partial charge in [-0.2, -0.15) is 21.6 Å². The van der Waals surface area contributed by atoms with Crippen LogP contribution in [0.15, 0.2) is 23.8 Å². The van der Waals surface area contributed by atoms with Crippen molar-refractivity contribution in [3.63, 3.8) is 0 Å². The van der Waals surface area contributed by atoms with Gasteiger partial charge in [0.25, 0.3) is 0 Å². The van der Waals surface area contributed by atoms with Crippen LogP contribution in [0.25, 0.3) is 0 Å². The molecule has 0 spiro atoms. The van der Waals surface area contributed by atoms with Gasteiger partial charge in [0, 0.05) is 17.4 Å². The first-order valence-electron chi connectivity index (χ1n) is 10.4. The summed E-state index contributed by atoms with van der Waals surface area (Å²) >= 11 is 0. The minimum absolute atomic E-state index is 0.00980. The first kappa shape index (κ1) is 23.0. The average molecular weight is 447 g/mol. The molecule has 0 saturated carbocycles. The van der Waals surface area contributed by atoms with E-state index in [9.17, 15) is 21.6 Å². The molecule has 2 aliphatic rings. The highest BCUT2D eigenvalue weighted by Gasteiger charge is 2.51. The molecule has 0 radical (unpaired) electrons. The van der Waals surface area contributed by atoms with Crippen molar-refractivity contribution in [2.24, 2.45) is 5.92 Å². The highest BCUT2D eigenvalue weighted by atomic mass is 32.2. The number of hydrogen-bond acceptors (Lipinski definition) is 4. The van der Waals surface area contributed by atoms with Gasteiger partial charge in [0.15, 0.2) is 0 Å². The minimum atomic E-state index is -5.78. The van der Waals surface area contributed by atoms with Crippen molar-refractivity contribution in [2.45, 2.75) is 83.2 Å². The smallest absolute Gasteiger partial charge is 0.487 e. The molecular weight excluding hydrogens is 417 g/mol. The second-order valence-corrected chi connectivity index (χ2v) is 10.4. The fourth-order valence-electron chi connectivity index (χ4n) is 4.56. The van der Waals surface area contributed by atoms with Crippen LogP contribution < -0.4 is 8.92 Å². The fraction of sp³-hybridized carbons (Fsp3) is 0.636. The number of halogens is 3. The topological polar surface area (TPSA) is 52.6 Å². The van der Waals surface area contributed by atoms with Gasteiger partial charge < -0.3 is 8.92 Å². The van der Waals surface area contributed by atoms with Crippen LogP contribution in [0.2, 0.25) is 0 Å². The normalized spacial score (nSPS) is 23.1. The molecule has 0 aromatic heterocycles. The van der Waals surface area contributed by atoms with Gasteiger partial charge in [0.05, 0.1) is 0 Å². The Kier molecular flexibility index (Phi) is 6.20. The lowest BCUT2D eigenvalue weighted by Crippen LogP contribution is -2.45. The quantitative estimate of drug-likeness (QED) is 0.224. The Balaban J connectivity index is 2.13. The monoisotopic (exact) mass is 446 g/mol. The molecule has 1 aromatic rings. The molecule has 4 nitrogen and oxygen atoms in total. The van der Waals surface area contributed by atoms with Crippen molar-refractivity contribution in [3.05, 3.63) is 34.9 Å². The molecule has 0 N–H and O–H groups in total. The molecule has 2 atom stereocenters. The summed E-state index contributed by atoms with van der Waals surface area (Å²) in [4.78, 5) is 0. The van der Waals surface area contributed by atoms with Gasteiger partial charge >= 0.3 is 15.6 Å². The van der Waals surface area contributed by atoms with E-state index < -0.39 is 21.2 Å². The number of aryl methyl sites for hydroxylation is 1. The summed E-state index contributed by atoms with van der Waals surface area (Å²) in [5.41, 5.74) is -3.76. The maximum atomic E-state index is 13.1. The van der Waals surface area contributed by atoms with Crippen molar-refractivity contribution in [2.75, 3.05) is 0 Å². The molecule has 1 aliphatic carbocycles. The van der Waals surface area contributed by atoms with E-state index in [0.717, 1.165) is 24.8 Å². The van der Waals surface area contributed by atoms with Crippen LogP contribution in [0.3, 0.4) is 0 Å². The molecule has 8 heteroatoms. The highest BCUT2D eigenvalue weighted by Crippen LogP contribution is 2.54. The van der Waals surface area contributed by atoms with E-state index in [4.69, 9.17) is 8.92 Å². The minimum Gasteiger partial charge on any atom is -0.487 e. The third-order valence-electron chi connectivity index (χ3n) is 6.10. The Morgan fingerprint density at radius 3 is 2.57 bits per heavy atom. The predicted molar refractivity (Wildman–Crippen MR) is 109 cm³/mol. The lowest BCUT2D eigenvalue weighted by molar-refractivity contribution is -0.0502. The Morgan fingerprint density at radius 2 is 1.93 bits per heavy atom. The molecular formula is C22H29F3O4S. The summed E-state index contributed by atoms with van der Waals surface area (Å²) in [6.45, 7) is 7.98. The zero-order chi connectivity index (χ0) is 22.3. The van der Waals surface area contributed by atoms with Gasteiger partial charge in [0.2, 0.25) is 0 Å². The number of allylic oxidation sites excluding steroid dienone is 2. The van der Waals surface area contributed by atoms with Crippen LogP contribution in [-0.2, 0) is 16.5 Å². The van der Waals surface area contributed by atoms with Gasteiger partial charge in [-0.1, -0.05) is 31.4 Å². The molecule has 0 saturated heterocycles. The summed E-state index contributed by atoms with van der Waals surface area (Å²) in [6.07, 6.45) is 6.88. The number of hydrogen-bond donors (Lipinski definition) is 0. The Labute approximate surface area is 176 Å². The van der Waals surface area contributed by atoms with Gasteiger partial charge in [-0.15, -0.1) is 0 Å². The molecule has 0 bridgehead atoms. The second-order valence-electron chi connectivity index (χ2n) is 8.85. The summed E-state index contributed by atoms with van der Waals surface area (Å²) in [7, 11) is -5.78. The standard InChI is InChI=1S/C22H29F3O4S/c1-5-6-7-8-15-12-18-20(19(13-15)29-30(26,27)22(23,24)25)16-11-14(2)9-10-17(16)21(3,4)28-18/h9,12-13,16-17H,5-8,10-11H2,1-4H3/t16-,17-/m1/s1. The zero-order valence-corrected chi connectivity index (χ0v) is 18.6. The van der Waals surface area contributed by atoms with Crippen LogP contribution in [0.4, 0.5) is 13.2 Å². The number of rotatable bonds is 6. The highest BCUT2D eigenvalue weighted by molar-refractivity contribution is 7.88. The first-order valence-corrected chi connectivity index (χ1v) is 11.8. The number of unbranched alkanes of at least 4 members (excludes halogenated alkanes) is 2. The Bertz CT molecular complexity index is 932. The number of ether oxygens (including phenoxy) is 1. The largest absolute Gasteiger partial charge is 0.534 e. The molecule has 1 aromatic carbocycles. The third-order valence-corrected chi connectivity index (χ3v) is 7.07. The molecule has 0 fully saturated rings. The number of benzene rings is 1. The summed E-state index contributed by atoms with van der Waals surface area (Å²) in [6, 6.07) is 3.29. The van der Waals surface area contributed by atoms with Gasteiger partial charge in [-0.25, -0.2) is 0 Å². The fourth-order valence-corrected chi connectivity index (χ4v) is 5.03. The summed E-state index contributed by atoms with van der Waals surface area (Å²) < 4.78 is 73.8. The first-order chi connectivity index (χ1) is 13.9. The van der Waals surface area contributed by atoms with Crippen molar-refractivity contribution in [1.29, 1.82) is 0 Å².